The third kappa shape index (κ3) is 3.36. The maximum absolute atomic E-state index is 12.6. The summed E-state index contributed by atoms with van der Waals surface area (Å²) in [4.78, 5) is 36.2. The number of aliphatic carboxylic acids is 1. The minimum atomic E-state index is -1.01. The fourth-order valence-electron chi connectivity index (χ4n) is 3.51. The van der Waals surface area contributed by atoms with Gasteiger partial charge in [0.1, 0.15) is 6.04 Å². The Morgan fingerprint density at radius 3 is 2.48 bits per heavy atom. The molecule has 0 aromatic rings. The molecule has 0 aromatic carbocycles. The van der Waals surface area contributed by atoms with E-state index in [9.17, 15) is 19.5 Å². The van der Waals surface area contributed by atoms with Crippen molar-refractivity contribution in [2.24, 2.45) is 11.3 Å². The molecule has 6 nitrogen and oxygen atoms in total. The lowest BCUT2D eigenvalue weighted by Crippen LogP contribution is -2.47. The van der Waals surface area contributed by atoms with Crippen molar-refractivity contribution in [3.8, 4) is 0 Å². The molecule has 2 aliphatic rings. The average molecular weight is 296 g/mol. The fourth-order valence-corrected chi connectivity index (χ4v) is 3.51. The van der Waals surface area contributed by atoms with Gasteiger partial charge in [-0.2, -0.15) is 0 Å². The number of nitrogens with zero attached hydrogens (tertiary/aromatic N) is 1. The summed E-state index contributed by atoms with van der Waals surface area (Å²) in [5.74, 6) is -1.26. The van der Waals surface area contributed by atoms with E-state index >= 15 is 0 Å². The van der Waals surface area contributed by atoms with Gasteiger partial charge in [0.15, 0.2) is 0 Å². The summed E-state index contributed by atoms with van der Waals surface area (Å²) in [6.07, 6.45) is 5.41. The molecule has 1 spiro atoms. The third-order valence-electron chi connectivity index (χ3n) is 4.92. The van der Waals surface area contributed by atoms with Crippen LogP contribution in [0.15, 0.2) is 0 Å². The van der Waals surface area contributed by atoms with Crippen molar-refractivity contribution < 1.29 is 19.5 Å². The van der Waals surface area contributed by atoms with Crippen molar-refractivity contribution in [3.63, 3.8) is 0 Å². The Morgan fingerprint density at radius 2 is 1.95 bits per heavy atom. The van der Waals surface area contributed by atoms with Crippen LogP contribution in [0.2, 0.25) is 0 Å². The van der Waals surface area contributed by atoms with E-state index in [4.69, 9.17) is 0 Å². The molecule has 2 atom stereocenters. The van der Waals surface area contributed by atoms with Gasteiger partial charge in [-0.15, -0.1) is 0 Å². The maximum Gasteiger partial charge on any atom is 0.326 e. The monoisotopic (exact) mass is 296 g/mol. The number of hydrogen-bond acceptors (Lipinski definition) is 3. The van der Waals surface area contributed by atoms with E-state index in [1.807, 2.05) is 0 Å². The van der Waals surface area contributed by atoms with E-state index in [0.717, 1.165) is 19.3 Å². The molecule has 2 amide bonds. The van der Waals surface area contributed by atoms with Gasteiger partial charge >= 0.3 is 5.97 Å². The molecule has 0 aliphatic heterocycles. The average Bonchev–Trinajstić information content (AvgIpc) is 2.90. The van der Waals surface area contributed by atoms with Gasteiger partial charge in [-0.3, -0.25) is 9.59 Å². The summed E-state index contributed by atoms with van der Waals surface area (Å²) in [5.41, 5.74) is 0.154. The number of hydrogen-bond donors (Lipinski definition) is 2. The molecule has 2 N–H and O–H groups in total. The molecule has 2 rings (SSSR count). The molecule has 118 valence electrons. The van der Waals surface area contributed by atoms with Gasteiger partial charge in [-0.1, -0.05) is 12.8 Å². The number of nitrogens with one attached hydrogen (secondary N) is 1. The Hall–Kier alpha value is -1.59. The number of carbonyl (C=O) groups excluding carboxylic acids is 2. The number of carboxylic acid groups (broad SMARTS) is 1. The molecule has 2 aliphatic carbocycles. The molecule has 0 aromatic heterocycles. The lowest BCUT2D eigenvalue weighted by atomic mass is 10.0. The topological polar surface area (TPSA) is 86.7 Å². The smallest absolute Gasteiger partial charge is 0.326 e. The first-order chi connectivity index (χ1) is 9.87. The van der Waals surface area contributed by atoms with Gasteiger partial charge in [0, 0.05) is 25.9 Å². The van der Waals surface area contributed by atoms with Gasteiger partial charge in [0.05, 0.1) is 0 Å². The van der Waals surface area contributed by atoms with Crippen molar-refractivity contribution in [2.45, 2.75) is 52.0 Å². The predicted octanol–water partition coefficient (Wildman–Crippen LogP) is 1.00. The van der Waals surface area contributed by atoms with Gasteiger partial charge in [-0.05, 0) is 31.6 Å². The van der Waals surface area contributed by atoms with Crippen molar-refractivity contribution in [1.82, 2.24) is 10.2 Å². The van der Waals surface area contributed by atoms with Crippen molar-refractivity contribution in [1.29, 1.82) is 0 Å². The van der Waals surface area contributed by atoms with Crippen LogP contribution in [0.5, 0.6) is 0 Å². The van der Waals surface area contributed by atoms with Crippen molar-refractivity contribution >= 4 is 17.8 Å². The van der Waals surface area contributed by atoms with Crippen LogP contribution in [0, 0.1) is 11.3 Å². The fraction of sp³-hybridized carbons (Fsp3) is 0.800. The minimum absolute atomic E-state index is 0.0147. The highest BCUT2D eigenvalue weighted by atomic mass is 16.4. The number of carboxylic acids is 1. The summed E-state index contributed by atoms with van der Waals surface area (Å²) >= 11 is 0. The Bertz CT molecular complexity index is 443. The van der Waals surface area contributed by atoms with E-state index in [-0.39, 0.29) is 29.7 Å². The number of carbonyl (C=O) groups is 3. The first-order valence-electron chi connectivity index (χ1n) is 7.65. The predicted molar refractivity (Wildman–Crippen MR) is 76.5 cm³/mol. The lowest BCUT2D eigenvalue weighted by molar-refractivity contribution is -0.150. The SMILES string of the molecule is CC(=O)NCCN(C(=O)C1CC12CCCC2)C(C)C(=O)O. The minimum Gasteiger partial charge on any atom is -0.480 e. The van der Waals surface area contributed by atoms with Crippen LogP contribution in [0.4, 0.5) is 0 Å². The summed E-state index contributed by atoms with van der Waals surface area (Å²) in [7, 11) is 0. The van der Waals surface area contributed by atoms with Crippen molar-refractivity contribution in [3.05, 3.63) is 0 Å². The largest absolute Gasteiger partial charge is 0.480 e. The molecular formula is C15H24N2O4. The summed E-state index contributed by atoms with van der Waals surface area (Å²) in [5, 5.41) is 11.8. The van der Waals surface area contributed by atoms with Crippen LogP contribution in [-0.4, -0.2) is 46.9 Å². The van der Waals surface area contributed by atoms with Gasteiger partial charge in [0.2, 0.25) is 11.8 Å². The maximum atomic E-state index is 12.6. The van der Waals surface area contributed by atoms with E-state index < -0.39 is 12.0 Å². The van der Waals surface area contributed by atoms with Crippen LogP contribution < -0.4 is 5.32 Å². The second-order valence-electron chi connectivity index (χ2n) is 6.35. The Labute approximate surface area is 124 Å². The highest BCUT2D eigenvalue weighted by Crippen LogP contribution is 2.63. The molecule has 0 saturated heterocycles. The van der Waals surface area contributed by atoms with Crippen molar-refractivity contribution in [2.75, 3.05) is 13.1 Å². The van der Waals surface area contributed by atoms with Crippen LogP contribution in [0.25, 0.3) is 0 Å². The van der Waals surface area contributed by atoms with Gasteiger partial charge in [0.25, 0.3) is 0 Å². The normalized spacial score (nSPS) is 23.6. The second-order valence-corrected chi connectivity index (χ2v) is 6.35. The van der Waals surface area contributed by atoms with E-state index in [2.05, 4.69) is 5.32 Å². The van der Waals surface area contributed by atoms with Crippen LogP contribution in [0.1, 0.15) is 46.0 Å². The molecule has 2 fully saturated rings. The van der Waals surface area contributed by atoms with Crippen LogP contribution in [0.3, 0.4) is 0 Å². The summed E-state index contributed by atoms with van der Waals surface area (Å²) in [6.45, 7) is 3.47. The lowest BCUT2D eigenvalue weighted by Gasteiger charge is -2.27. The third-order valence-corrected chi connectivity index (χ3v) is 4.92. The number of amides is 2. The molecule has 2 saturated carbocycles. The van der Waals surface area contributed by atoms with E-state index in [0.29, 0.717) is 6.54 Å². The highest BCUT2D eigenvalue weighted by molar-refractivity contribution is 5.87. The zero-order valence-electron chi connectivity index (χ0n) is 12.7. The van der Waals surface area contributed by atoms with Gasteiger partial charge < -0.3 is 15.3 Å². The summed E-state index contributed by atoms with van der Waals surface area (Å²) < 4.78 is 0. The molecule has 0 heterocycles. The Kier molecular flexibility index (Phi) is 4.54. The molecule has 21 heavy (non-hydrogen) atoms. The zero-order valence-corrected chi connectivity index (χ0v) is 12.7. The first kappa shape index (κ1) is 15.8. The second kappa shape index (κ2) is 6.03. The highest BCUT2D eigenvalue weighted by Gasteiger charge is 2.59. The standard InChI is InChI=1S/C15H24N2O4/c1-10(14(20)21)17(8-7-16-11(2)18)13(19)12-9-15(12)5-3-4-6-15/h10,12H,3-9H2,1-2H3,(H,16,18)(H,20,21). The summed E-state index contributed by atoms with van der Waals surface area (Å²) in [6, 6.07) is -0.856. The zero-order chi connectivity index (χ0) is 15.6. The molecular weight excluding hydrogens is 272 g/mol. The Balaban J connectivity index is 1.99. The van der Waals surface area contributed by atoms with E-state index in [1.165, 1.54) is 31.6 Å². The Morgan fingerprint density at radius 1 is 1.33 bits per heavy atom. The van der Waals surface area contributed by atoms with E-state index in [1.54, 1.807) is 0 Å². The van der Waals surface area contributed by atoms with Crippen LogP contribution in [-0.2, 0) is 14.4 Å². The molecule has 6 heteroatoms. The quantitative estimate of drug-likeness (QED) is 0.765. The van der Waals surface area contributed by atoms with Crippen LogP contribution >= 0.6 is 0 Å². The molecule has 2 unspecified atom stereocenters. The molecule has 0 radical (unpaired) electrons. The number of rotatable bonds is 6. The van der Waals surface area contributed by atoms with Gasteiger partial charge in [-0.25, -0.2) is 4.79 Å². The first-order valence-corrected chi connectivity index (χ1v) is 7.65. The molecule has 0 bridgehead atoms.